The lowest BCUT2D eigenvalue weighted by atomic mass is 9.65. The monoisotopic (exact) mass is 438 g/mol. The van der Waals surface area contributed by atoms with E-state index in [1.807, 2.05) is 0 Å². The summed E-state index contributed by atoms with van der Waals surface area (Å²) >= 11 is 7.98. The molecule has 1 aliphatic heterocycles. The van der Waals surface area contributed by atoms with Crippen molar-refractivity contribution in [1.29, 1.82) is 0 Å². The molecule has 3 rings (SSSR count). The zero-order valence-corrected chi connectivity index (χ0v) is 20.2. The first-order chi connectivity index (χ1) is 13.8. The van der Waals surface area contributed by atoms with Crippen LogP contribution in [0, 0.1) is 23.2 Å². The molecule has 0 aromatic heterocycles. The largest absolute Gasteiger partial charge is 0.341 e. The van der Waals surface area contributed by atoms with Crippen LogP contribution in [0.4, 0.5) is 0 Å². The van der Waals surface area contributed by atoms with Crippen molar-refractivity contribution in [1.82, 2.24) is 9.62 Å². The summed E-state index contributed by atoms with van der Waals surface area (Å²) in [6.45, 7) is 10.8. The molecule has 1 N–H and O–H groups in total. The topological polar surface area (TPSA) is 32.3 Å². The molecule has 0 aromatic rings. The molecule has 5 heteroatoms. The lowest BCUT2D eigenvalue weighted by Crippen LogP contribution is -2.55. The highest BCUT2D eigenvalue weighted by Crippen LogP contribution is 2.45. The van der Waals surface area contributed by atoms with Crippen molar-refractivity contribution in [2.24, 2.45) is 23.2 Å². The van der Waals surface area contributed by atoms with Gasteiger partial charge < -0.3 is 4.90 Å². The predicted molar refractivity (Wildman–Crippen MR) is 126 cm³/mol. The molecular formula is C24H39ClN2OS. The van der Waals surface area contributed by atoms with Crippen molar-refractivity contribution in [3.8, 4) is 0 Å². The van der Waals surface area contributed by atoms with Crippen LogP contribution >= 0.6 is 23.5 Å². The number of halogens is 1. The van der Waals surface area contributed by atoms with Crippen LogP contribution in [-0.2, 0) is 4.79 Å². The van der Waals surface area contributed by atoms with Gasteiger partial charge in [-0.25, -0.2) is 0 Å². The quantitative estimate of drug-likeness (QED) is 0.398. The average Bonchev–Trinajstić information content (AvgIpc) is 2.68. The van der Waals surface area contributed by atoms with Crippen molar-refractivity contribution in [3.05, 3.63) is 23.3 Å². The summed E-state index contributed by atoms with van der Waals surface area (Å²) in [5.74, 6) is 1.96. The Bertz CT molecular complexity index is 630. The van der Waals surface area contributed by atoms with Gasteiger partial charge in [0, 0.05) is 23.4 Å². The van der Waals surface area contributed by atoms with Crippen molar-refractivity contribution in [3.63, 3.8) is 0 Å². The Hall–Kier alpha value is -0.450. The summed E-state index contributed by atoms with van der Waals surface area (Å²) in [5.41, 5.74) is 0.152. The van der Waals surface area contributed by atoms with Crippen LogP contribution in [0.3, 0.4) is 0 Å². The number of amides is 1. The molecule has 2 unspecified atom stereocenters. The van der Waals surface area contributed by atoms with Gasteiger partial charge in [-0.2, -0.15) is 0 Å². The Kier molecular flexibility index (Phi) is 8.20. The van der Waals surface area contributed by atoms with Gasteiger partial charge >= 0.3 is 0 Å². The van der Waals surface area contributed by atoms with E-state index >= 15 is 0 Å². The van der Waals surface area contributed by atoms with E-state index in [2.05, 4.69) is 55.5 Å². The van der Waals surface area contributed by atoms with Crippen LogP contribution in [0.2, 0.25) is 0 Å². The molecule has 3 nitrogen and oxygen atoms in total. The first-order valence-corrected chi connectivity index (χ1v) is 12.7. The first-order valence-electron chi connectivity index (χ1n) is 11.5. The van der Waals surface area contributed by atoms with Crippen molar-refractivity contribution in [2.45, 2.75) is 83.9 Å². The number of nitrogens with one attached hydrogen (secondary N) is 1. The van der Waals surface area contributed by atoms with Crippen LogP contribution in [0.5, 0.6) is 0 Å². The fourth-order valence-electron chi connectivity index (χ4n) is 5.33. The lowest BCUT2D eigenvalue weighted by Gasteiger charge is -2.49. The van der Waals surface area contributed by atoms with E-state index in [1.165, 1.54) is 12.8 Å². The second-order valence-corrected chi connectivity index (χ2v) is 11.8. The second-order valence-electron chi connectivity index (χ2n) is 10.2. The molecule has 1 fully saturated rings. The number of carbonyl (C=O) groups is 1. The highest BCUT2D eigenvalue weighted by atomic mass is 35.5. The fraction of sp³-hybridized carbons (Fsp3) is 0.792. The van der Waals surface area contributed by atoms with Crippen LogP contribution in [0.25, 0.3) is 0 Å². The Morgan fingerprint density at radius 3 is 2.62 bits per heavy atom. The van der Waals surface area contributed by atoms with Gasteiger partial charge in [0.1, 0.15) is 0 Å². The van der Waals surface area contributed by atoms with Gasteiger partial charge in [-0.3, -0.25) is 9.52 Å². The SMILES string of the molecule is CC(C)[C@@H](NSC1CC=CCC1)C(=O)N1CC[C@H](C2CC=C(Cl)CC2)C(C)(C)C1. The van der Waals surface area contributed by atoms with Gasteiger partial charge in [-0.15, -0.1) is 0 Å². The maximum absolute atomic E-state index is 13.4. The zero-order chi connectivity index (χ0) is 21.0. The van der Waals surface area contributed by atoms with Crippen LogP contribution in [0.1, 0.15) is 72.6 Å². The number of hydrogen-bond donors (Lipinski definition) is 1. The van der Waals surface area contributed by atoms with Gasteiger partial charge in [-0.05, 0) is 68.1 Å². The Morgan fingerprint density at radius 2 is 2.03 bits per heavy atom. The first kappa shape index (κ1) is 23.2. The Balaban J connectivity index is 1.58. The molecule has 29 heavy (non-hydrogen) atoms. The van der Waals surface area contributed by atoms with Crippen LogP contribution in [0.15, 0.2) is 23.3 Å². The summed E-state index contributed by atoms with van der Waals surface area (Å²) < 4.78 is 3.56. The van der Waals surface area contributed by atoms with Gasteiger partial charge in [0.2, 0.25) is 5.91 Å². The van der Waals surface area contributed by atoms with Crippen LogP contribution in [-0.4, -0.2) is 35.2 Å². The third kappa shape index (κ3) is 6.04. The standard InChI is InChI=1S/C24H39ClN2OS/c1-17(2)22(26-29-20-8-6-5-7-9-20)23(28)27-15-14-21(24(3,4)16-27)18-10-12-19(25)13-11-18/h5-6,12,17-18,20-22,26H,7-11,13-16H2,1-4H3/t18?,20?,21-,22-/m1/s1. The Morgan fingerprint density at radius 1 is 1.24 bits per heavy atom. The maximum Gasteiger partial charge on any atom is 0.240 e. The summed E-state index contributed by atoms with van der Waals surface area (Å²) in [6, 6.07) is -0.102. The van der Waals surface area contributed by atoms with Gasteiger partial charge in [-0.1, -0.05) is 69.5 Å². The van der Waals surface area contributed by atoms with E-state index in [-0.39, 0.29) is 17.4 Å². The summed E-state index contributed by atoms with van der Waals surface area (Å²) in [5, 5.41) is 1.62. The molecular weight excluding hydrogens is 400 g/mol. The molecule has 2 aliphatic carbocycles. The molecule has 1 heterocycles. The molecule has 0 spiro atoms. The highest BCUT2D eigenvalue weighted by Gasteiger charge is 2.42. The minimum absolute atomic E-state index is 0.102. The van der Waals surface area contributed by atoms with Crippen molar-refractivity contribution in [2.75, 3.05) is 13.1 Å². The molecule has 0 saturated carbocycles. The molecule has 4 atom stereocenters. The minimum Gasteiger partial charge on any atom is -0.341 e. The smallest absolute Gasteiger partial charge is 0.240 e. The number of allylic oxidation sites excluding steroid dienone is 4. The third-order valence-corrected chi connectivity index (χ3v) is 8.60. The van der Waals surface area contributed by atoms with Crippen molar-refractivity contribution < 1.29 is 4.79 Å². The number of hydrogen-bond acceptors (Lipinski definition) is 3. The summed E-state index contributed by atoms with van der Waals surface area (Å²) in [4.78, 5) is 15.6. The van der Waals surface area contributed by atoms with E-state index in [1.54, 1.807) is 11.9 Å². The zero-order valence-electron chi connectivity index (χ0n) is 18.6. The normalized spacial score (nSPS) is 30.9. The molecule has 0 bridgehead atoms. The van der Waals surface area contributed by atoms with Crippen LogP contribution < -0.4 is 4.72 Å². The second kappa shape index (κ2) is 10.2. The summed E-state index contributed by atoms with van der Waals surface area (Å²) in [7, 11) is 0. The van der Waals surface area contributed by atoms with Crippen molar-refractivity contribution >= 4 is 29.5 Å². The number of nitrogens with zero attached hydrogens (tertiary/aromatic N) is 1. The number of likely N-dealkylation sites (tertiary alicyclic amines) is 1. The molecule has 1 amide bonds. The number of carbonyl (C=O) groups excluding carboxylic acids is 1. The van der Waals surface area contributed by atoms with E-state index in [9.17, 15) is 4.79 Å². The average molecular weight is 439 g/mol. The maximum atomic E-state index is 13.4. The van der Waals surface area contributed by atoms with E-state index in [4.69, 9.17) is 11.6 Å². The van der Waals surface area contributed by atoms with Gasteiger partial charge in [0.15, 0.2) is 0 Å². The van der Waals surface area contributed by atoms with E-state index in [0.717, 1.165) is 50.2 Å². The molecule has 1 saturated heterocycles. The summed E-state index contributed by atoms with van der Waals surface area (Å²) in [6.07, 6.45) is 14.7. The third-order valence-electron chi connectivity index (χ3n) is 7.10. The number of rotatable bonds is 6. The minimum atomic E-state index is -0.102. The highest BCUT2D eigenvalue weighted by molar-refractivity contribution is 7.98. The molecule has 0 aromatic carbocycles. The molecule has 164 valence electrons. The number of piperidine rings is 1. The Labute approximate surface area is 187 Å². The fourth-order valence-corrected chi connectivity index (χ4v) is 6.71. The predicted octanol–water partition coefficient (Wildman–Crippen LogP) is 6.16. The van der Waals surface area contributed by atoms with E-state index in [0.29, 0.717) is 23.0 Å². The van der Waals surface area contributed by atoms with Gasteiger partial charge in [0.25, 0.3) is 0 Å². The lowest BCUT2D eigenvalue weighted by molar-refractivity contribution is -0.139. The van der Waals surface area contributed by atoms with E-state index < -0.39 is 0 Å². The van der Waals surface area contributed by atoms with Gasteiger partial charge in [0.05, 0.1) is 6.04 Å². The molecule has 0 radical (unpaired) electrons. The molecule has 3 aliphatic rings.